The Balaban J connectivity index is 3.32. The molecule has 0 aliphatic heterocycles. The van der Waals surface area contributed by atoms with Gasteiger partial charge in [0.1, 0.15) is 0 Å². The van der Waals surface area contributed by atoms with Gasteiger partial charge in [-0.25, -0.2) is 0 Å². The fraction of sp³-hybridized carbons (Fsp3) is 1.00. The summed E-state index contributed by atoms with van der Waals surface area (Å²) in [6.07, 6.45) is 4.84. The molecule has 25 heavy (non-hydrogen) atoms. The highest BCUT2D eigenvalue weighted by Crippen LogP contribution is 2.48. The van der Waals surface area contributed by atoms with E-state index in [1.165, 1.54) is 37.2 Å². The quantitative estimate of drug-likeness (QED) is 0.122. The van der Waals surface area contributed by atoms with Gasteiger partial charge in [-0.05, 0) is 67.5 Å². The van der Waals surface area contributed by atoms with Gasteiger partial charge < -0.3 is 17.7 Å². The van der Waals surface area contributed by atoms with Crippen molar-refractivity contribution in [3.05, 3.63) is 0 Å². The Morgan fingerprint density at radius 3 is 1.24 bits per heavy atom. The van der Waals surface area contributed by atoms with Crippen LogP contribution in [0.5, 0.6) is 0 Å². The number of hydrogen-bond donors (Lipinski definition) is 0. The summed E-state index contributed by atoms with van der Waals surface area (Å²) in [5.74, 6) is 2.39. The van der Waals surface area contributed by atoms with Gasteiger partial charge in [0.2, 0.25) is 0 Å². The van der Waals surface area contributed by atoms with Crippen molar-refractivity contribution < 1.29 is 17.7 Å². The SMILES string of the molecule is CO[Si](C)(CCCCSSSSSCCCC[Si](C)(OC)OC)OC. The minimum absolute atomic E-state index is 1.08. The molecular weight excluding hydrogens is 449 g/mol. The lowest BCUT2D eigenvalue weighted by atomic mass is 10.4. The van der Waals surface area contributed by atoms with Crippen LogP contribution in [0.1, 0.15) is 25.7 Å². The van der Waals surface area contributed by atoms with E-state index in [0.717, 1.165) is 12.1 Å². The van der Waals surface area contributed by atoms with Crippen molar-refractivity contribution in [1.29, 1.82) is 0 Å². The average Bonchev–Trinajstić information content (AvgIpc) is 2.65. The van der Waals surface area contributed by atoms with Crippen LogP contribution in [0.4, 0.5) is 0 Å². The zero-order valence-electron chi connectivity index (χ0n) is 16.3. The fourth-order valence-corrected chi connectivity index (χ4v) is 13.8. The monoisotopic (exact) mass is 482 g/mol. The normalized spacial score (nSPS) is 12.7. The molecule has 0 radical (unpaired) electrons. The molecule has 0 atom stereocenters. The van der Waals surface area contributed by atoms with Gasteiger partial charge in [-0.2, -0.15) is 0 Å². The van der Waals surface area contributed by atoms with E-state index in [4.69, 9.17) is 17.7 Å². The molecule has 0 aliphatic carbocycles. The molecule has 4 nitrogen and oxygen atoms in total. The first kappa shape index (κ1) is 27.0. The van der Waals surface area contributed by atoms with Crippen molar-refractivity contribution in [2.24, 2.45) is 0 Å². The molecule has 11 heteroatoms. The second-order valence-electron chi connectivity index (χ2n) is 5.85. The van der Waals surface area contributed by atoms with Crippen LogP contribution in [0.3, 0.4) is 0 Å². The molecule has 0 aromatic rings. The Morgan fingerprint density at radius 1 is 0.560 bits per heavy atom. The maximum Gasteiger partial charge on any atom is 0.334 e. The van der Waals surface area contributed by atoms with Crippen molar-refractivity contribution in [1.82, 2.24) is 0 Å². The van der Waals surface area contributed by atoms with Crippen molar-refractivity contribution in [2.75, 3.05) is 39.9 Å². The third-order valence-electron chi connectivity index (χ3n) is 4.10. The van der Waals surface area contributed by atoms with Gasteiger partial charge in [0.25, 0.3) is 0 Å². The van der Waals surface area contributed by atoms with Gasteiger partial charge >= 0.3 is 17.1 Å². The highest BCUT2D eigenvalue weighted by atomic mass is 33.8. The molecular formula is C14H34O4S5Si2. The van der Waals surface area contributed by atoms with Crippen LogP contribution in [0.2, 0.25) is 25.2 Å². The van der Waals surface area contributed by atoms with Crippen molar-refractivity contribution in [3.8, 4) is 0 Å². The molecule has 0 saturated heterocycles. The van der Waals surface area contributed by atoms with E-state index >= 15 is 0 Å². The smallest absolute Gasteiger partial charge is 0.334 e. The number of rotatable bonds is 18. The van der Waals surface area contributed by atoms with E-state index in [-0.39, 0.29) is 0 Å². The average molecular weight is 483 g/mol. The van der Waals surface area contributed by atoms with Crippen LogP contribution in [0, 0.1) is 0 Å². The highest BCUT2D eigenvalue weighted by Gasteiger charge is 2.28. The summed E-state index contributed by atoms with van der Waals surface area (Å²) in [5.41, 5.74) is 0. The summed E-state index contributed by atoms with van der Waals surface area (Å²) in [6, 6.07) is 2.16. The first-order valence-corrected chi connectivity index (χ1v) is 19.9. The minimum atomic E-state index is -1.85. The number of hydrogen-bond acceptors (Lipinski definition) is 9. The van der Waals surface area contributed by atoms with Crippen LogP contribution >= 0.6 is 51.1 Å². The lowest BCUT2D eigenvalue weighted by Gasteiger charge is -2.22. The van der Waals surface area contributed by atoms with Gasteiger partial charge in [0.05, 0.1) is 0 Å². The molecule has 0 aliphatic rings. The molecule has 0 unspecified atom stereocenters. The fourth-order valence-electron chi connectivity index (χ4n) is 1.91. The van der Waals surface area contributed by atoms with Crippen LogP contribution in [-0.4, -0.2) is 57.1 Å². The Kier molecular flexibility index (Phi) is 18.3. The molecule has 0 aromatic heterocycles. The number of unbranched alkanes of at least 4 members (excludes halogenated alkanes) is 2. The predicted molar refractivity (Wildman–Crippen MR) is 127 cm³/mol. The largest absolute Gasteiger partial charge is 0.398 e. The van der Waals surface area contributed by atoms with Gasteiger partial charge in [-0.3, -0.25) is 0 Å². The van der Waals surface area contributed by atoms with Crippen LogP contribution in [-0.2, 0) is 17.7 Å². The molecule has 0 spiro atoms. The maximum absolute atomic E-state index is 5.50. The maximum atomic E-state index is 5.50. The summed E-state index contributed by atoms with van der Waals surface area (Å²) in [4.78, 5) is 0. The van der Waals surface area contributed by atoms with E-state index < -0.39 is 17.1 Å². The lowest BCUT2D eigenvalue weighted by molar-refractivity contribution is 0.248. The van der Waals surface area contributed by atoms with E-state index in [9.17, 15) is 0 Å². The predicted octanol–water partition coefficient (Wildman–Crippen LogP) is 6.60. The molecule has 0 fully saturated rings. The van der Waals surface area contributed by atoms with Crippen molar-refractivity contribution in [2.45, 2.75) is 50.9 Å². The Hall–Kier alpha value is 2.02. The first-order valence-electron chi connectivity index (χ1n) is 8.40. The Morgan fingerprint density at radius 2 is 0.920 bits per heavy atom. The van der Waals surface area contributed by atoms with Crippen LogP contribution in [0.15, 0.2) is 0 Å². The molecule has 0 bridgehead atoms. The molecule has 0 amide bonds. The van der Waals surface area contributed by atoms with Gasteiger partial charge in [0.15, 0.2) is 0 Å². The summed E-state index contributed by atoms with van der Waals surface area (Å²) in [7, 11) is 12.9. The topological polar surface area (TPSA) is 36.9 Å². The summed E-state index contributed by atoms with van der Waals surface area (Å²) < 4.78 is 22.0. The molecule has 0 heterocycles. The van der Waals surface area contributed by atoms with Crippen molar-refractivity contribution >= 4 is 68.2 Å². The summed E-state index contributed by atoms with van der Waals surface area (Å²) in [5, 5.41) is 0. The van der Waals surface area contributed by atoms with Crippen LogP contribution in [0.25, 0.3) is 0 Å². The molecule has 0 saturated carbocycles. The molecule has 0 aromatic carbocycles. The lowest BCUT2D eigenvalue weighted by Crippen LogP contribution is -2.35. The van der Waals surface area contributed by atoms with Gasteiger partial charge in [-0.15, -0.1) is 0 Å². The second kappa shape index (κ2) is 16.9. The molecule has 152 valence electrons. The minimum Gasteiger partial charge on any atom is -0.398 e. The van der Waals surface area contributed by atoms with E-state index in [1.54, 1.807) is 28.4 Å². The first-order chi connectivity index (χ1) is 11.9. The highest BCUT2D eigenvalue weighted by molar-refractivity contribution is 9.35. The third-order valence-corrected chi connectivity index (χ3v) is 18.9. The standard InChI is InChI=1S/C14H34O4S5Si2/c1-15-24(5,16-2)13-9-7-11-19-21-23-22-20-12-8-10-14-25(6,17-3)18-4/h7-14H2,1-6H3. The van der Waals surface area contributed by atoms with E-state index in [2.05, 4.69) is 13.1 Å². The summed E-state index contributed by atoms with van der Waals surface area (Å²) >= 11 is 0. The molecule has 0 N–H and O–H groups in total. The van der Waals surface area contributed by atoms with Crippen molar-refractivity contribution in [3.63, 3.8) is 0 Å². The molecule has 0 rings (SSSR count). The van der Waals surface area contributed by atoms with Gasteiger partial charge in [-0.1, -0.05) is 34.4 Å². The zero-order chi connectivity index (χ0) is 19.0. The van der Waals surface area contributed by atoms with E-state index in [1.807, 2.05) is 51.1 Å². The van der Waals surface area contributed by atoms with Gasteiger partial charge in [0, 0.05) is 39.9 Å². The third kappa shape index (κ3) is 14.6. The summed E-state index contributed by atoms with van der Waals surface area (Å²) in [6.45, 7) is 4.26. The Bertz CT molecular complexity index is 283. The zero-order valence-corrected chi connectivity index (χ0v) is 22.4. The van der Waals surface area contributed by atoms with Crippen LogP contribution < -0.4 is 0 Å². The second-order valence-corrected chi connectivity index (χ2v) is 21.0. The Labute approximate surface area is 175 Å². The van der Waals surface area contributed by atoms with E-state index in [0.29, 0.717) is 0 Å².